The summed E-state index contributed by atoms with van der Waals surface area (Å²) in [6.45, 7) is 4.50. The van der Waals surface area contributed by atoms with Crippen molar-refractivity contribution < 1.29 is 0 Å². The van der Waals surface area contributed by atoms with Gasteiger partial charge in [0.25, 0.3) is 0 Å². The second-order valence-corrected chi connectivity index (χ2v) is 7.10. The Bertz CT molecular complexity index is 677. The number of halogens is 1. The molecule has 1 heterocycles. The zero-order chi connectivity index (χ0) is 15.6. The van der Waals surface area contributed by atoms with E-state index in [1.165, 1.54) is 24.9 Å². The number of nitrogens with zero attached hydrogens (tertiary/aromatic N) is 2. The Morgan fingerprint density at radius 3 is 2.43 bits per heavy atom. The number of benzene rings is 2. The van der Waals surface area contributed by atoms with Crippen molar-refractivity contribution in [2.24, 2.45) is 0 Å². The summed E-state index contributed by atoms with van der Waals surface area (Å²) in [4.78, 5) is 5.15. The molecular formula is C20H23ClN2. The number of hydrogen-bond donors (Lipinski definition) is 0. The quantitative estimate of drug-likeness (QED) is 0.822. The van der Waals surface area contributed by atoms with Crippen LogP contribution < -0.4 is 4.90 Å². The van der Waals surface area contributed by atoms with E-state index in [2.05, 4.69) is 46.2 Å². The highest BCUT2D eigenvalue weighted by atomic mass is 35.5. The van der Waals surface area contributed by atoms with E-state index < -0.39 is 0 Å². The van der Waals surface area contributed by atoms with Gasteiger partial charge in [0.15, 0.2) is 0 Å². The molecule has 1 aliphatic carbocycles. The van der Waals surface area contributed by atoms with Crippen LogP contribution in [-0.4, -0.2) is 37.1 Å². The molecule has 120 valence electrons. The van der Waals surface area contributed by atoms with E-state index in [0.717, 1.165) is 31.2 Å². The minimum absolute atomic E-state index is 0.714. The number of anilines is 1. The molecule has 4 rings (SSSR count). The molecule has 0 radical (unpaired) electrons. The molecule has 1 unspecified atom stereocenters. The van der Waals surface area contributed by atoms with Crippen LogP contribution >= 0.6 is 11.6 Å². The molecular weight excluding hydrogens is 304 g/mol. The summed E-state index contributed by atoms with van der Waals surface area (Å²) >= 11 is 6.13. The van der Waals surface area contributed by atoms with Crippen molar-refractivity contribution in [1.82, 2.24) is 4.90 Å². The van der Waals surface area contributed by atoms with E-state index in [-0.39, 0.29) is 0 Å². The first-order valence-corrected chi connectivity index (χ1v) is 8.99. The van der Waals surface area contributed by atoms with Gasteiger partial charge in [0.05, 0.1) is 0 Å². The Labute approximate surface area is 143 Å². The van der Waals surface area contributed by atoms with E-state index in [0.29, 0.717) is 6.04 Å². The van der Waals surface area contributed by atoms with Crippen molar-refractivity contribution in [3.8, 4) is 0 Å². The summed E-state index contributed by atoms with van der Waals surface area (Å²) < 4.78 is 0. The maximum atomic E-state index is 6.13. The van der Waals surface area contributed by atoms with Gasteiger partial charge in [-0.05, 0) is 48.6 Å². The average molecular weight is 327 g/mol. The van der Waals surface area contributed by atoms with Crippen LogP contribution in [0, 0.1) is 0 Å². The van der Waals surface area contributed by atoms with E-state index >= 15 is 0 Å². The molecule has 1 aliphatic heterocycles. The third kappa shape index (κ3) is 3.24. The van der Waals surface area contributed by atoms with Gasteiger partial charge in [-0.3, -0.25) is 4.90 Å². The molecule has 0 N–H and O–H groups in total. The Kier molecular flexibility index (Phi) is 4.28. The topological polar surface area (TPSA) is 6.48 Å². The molecule has 1 fully saturated rings. The molecule has 0 bridgehead atoms. The predicted molar refractivity (Wildman–Crippen MR) is 97.5 cm³/mol. The minimum Gasteiger partial charge on any atom is -0.369 e. The zero-order valence-corrected chi connectivity index (χ0v) is 14.2. The third-order valence-corrected chi connectivity index (χ3v) is 5.56. The van der Waals surface area contributed by atoms with Gasteiger partial charge < -0.3 is 4.90 Å². The minimum atomic E-state index is 0.714. The first-order chi connectivity index (χ1) is 11.3. The fourth-order valence-electron chi connectivity index (χ4n) is 4.01. The Morgan fingerprint density at radius 2 is 1.65 bits per heavy atom. The molecule has 1 atom stereocenters. The smallest absolute Gasteiger partial charge is 0.0426 e. The second-order valence-electron chi connectivity index (χ2n) is 6.67. The fourth-order valence-corrected chi connectivity index (χ4v) is 4.19. The third-order valence-electron chi connectivity index (χ3n) is 5.32. The number of piperazine rings is 1. The normalized spacial score (nSPS) is 22.0. The predicted octanol–water partition coefficient (Wildman–Crippen LogP) is 4.02. The molecule has 1 saturated heterocycles. The van der Waals surface area contributed by atoms with Crippen LogP contribution in [0.2, 0.25) is 5.02 Å². The average Bonchev–Trinajstić information content (AvgIpc) is 2.61. The summed E-state index contributed by atoms with van der Waals surface area (Å²) in [5.74, 6) is 0. The van der Waals surface area contributed by atoms with Gasteiger partial charge >= 0.3 is 0 Å². The van der Waals surface area contributed by atoms with Gasteiger partial charge in [0.2, 0.25) is 0 Å². The summed E-state index contributed by atoms with van der Waals surface area (Å²) in [6, 6.07) is 17.9. The Hall–Kier alpha value is -1.51. The summed E-state index contributed by atoms with van der Waals surface area (Å²) in [5.41, 5.74) is 4.37. The summed E-state index contributed by atoms with van der Waals surface area (Å²) in [6.07, 6.45) is 3.75. The summed E-state index contributed by atoms with van der Waals surface area (Å²) in [7, 11) is 0. The fraction of sp³-hybridized carbons (Fsp3) is 0.400. The van der Waals surface area contributed by atoms with E-state index in [1.54, 1.807) is 11.1 Å². The largest absolute Gasteiger partial charge is 0.369 e. The molecule has 2 aliphatic rings. The van der Waals surface area contributed by atoms with Crippen LogP contribution in [0.5, 0.6) is 0 Å². The van der Waals surface area contributed by atoms with Crippen molar-refractivity contribution in [3.05, 3.63) is 64.7 Å². The maximum Gasteiger partial charge on any atom is 0.0426 e. The molecule has 2 aromatic rings. The molecule has 3 heteroatoms. The Balaban J connectivity index is 1.39. The van der Waals surface area contributed by atoms with Crippen molar-refractivity contribution in [3.63, 3.8) is 0 Å². The van der Waals surface area contributed by atoms with Gasteiger partial charge in [-0.1, -0.05) is 41.9 Å². The first kappa shape index (κ1) is 15.0. The highest BCUT2D eigenvalue weighted by Gasteiger charge is 2.27. The number of aryl methyl sites for hydroxylation is 1. The highest BCUT2D eigenvalue weighted by Crippen LogP contribution is 2.26. The van der Waals surface area contributed by atoms with Gasteiger partial charge in [-0.25, -0.2) is 0 Å². The Morgan fingerprint density at radius 1 is 0.870 bits per heavy atom. The molecule has 0 amide bonds. The molecule has 23 heavy (non-hydrogen) atoms. The van der Waals surface area contributed by atoms with Gasteiger partial charge in [0, 0.05) is 42.9 Å². The molecule has 0 spiro atoms. The number of hydrogen-bond acceptors (Lipinski definition) is 2. The molecule has 2 aromatic carbocycles. The maximum absolute atomic E-state index is 6.13. The van der Waals surface area contributed by atoms with Crippen LogP contribution in [0.4, 0.5) is 5.69 Å². The second kappa shape index (κ2) is 6.54. The van der Waals surface area contributed by atoms with Crippen LogP contribution in [0.15, 0.2) is 48.5 Å². The first-order valence-electron chi connectivity index (χ1n) is 8.61. The lowest BCUT2D eigenvalue weighted by molar-refractivity contribution is 0.170. The SMILES string of the molecule is Clc1cccc(N2CCN(C3CCc4ccccc4C3)CC2)c1. The monoisotopic (exact) mass is 326 g/mol. The lowest BCUT2D eigenvalue weighted by Crippen LogP contribution is -2.51. The number of rotatable bonds is 2. The van der Waals surface area contributed by atoms with Crippen LogP contribution in [0.1, 0.15) is 17.5 Å². The van der Waals surface area contributed by atoms with Crippen LogP contribution in [0.25, 0.3) is 0 Å². The van der Waals surface area contributed by atoms with Crippen molar-refractivity contribution in [2.75, 3.05) is 31.1 Å². The lowest BCUT2D eigenvalue weighted by Gasteiger charge is -2.42. The van der Waals surface area contributed by atoms with Crippen LogP contribution in [-0.2, 0) is 12.8 Å². The zero-order valence-electron chi connectivity index (χ0n) is 13.4. The summed E-state index contributed by atoms with van der Waals surface area (Å²) in [5, 5.41) is 0.828. The molecule has 2 nitrogen and oxygen atoms in total. The van der Waals surface area contributed by atoms with E-state index in [4.69, 9.17) is 11.6 Å². The van der Waals surface area contributed by atoms with Gasteiger partial charge in [0.1, 0.15) is 0 Å². The van der Waals surface area contributed by atoms with E-state index in [9.17, 15) is 0 Å². The van der Waals surface area contributed by atoms with E-state index in [1.807, 2.05) is 12.1 Å². The molecule has 0 saturated carbocycles. The van der Waals surface area contributed by atoms with Crippen molar-refractivity contribution in [2.45, 2.75) is 25.3 Å². The standard InChI is InChI=1S/C20H23ClN2/c21-18-6-3-7-19(15-18)22-10-12-23(13-11-22)20-9-8-16-4-1-2-5-17(16)14-20/h1-7,15,20H,8-14H2. The van der Waals surface area contributed by atoms with Gasteiger partial charge in [-0.15, -0.1) is 0 Å². The highest BCUT2D eigenvalue weighted by molar-refractivity contribution is 6.30. The van der Waals surface area contributed by atoms with Crippen molar-refractivity contribution >= 4 is 17.3 Å². The van der Waals surface area contributed by atoms with Crippen molar-refractivity contribution in [1.29, 1.82) is 0 Å². The molecule has 0 aromatic heterocycles. The lowest BCUT2D eigenvalue weighted by atomic mass is 9.87. The van der Waals surface area contributed by atoms with Gasteiger partial charge in [-0.2, -0.15) is 0 Å². The van der Waals surface area contributed by atoms with Crippen LogP contribution in [0.3, 0.4) is 0 Å². The number of fused-ring (bicyclic) bond motifs is 1.